The number of nitrogens with two attached hydrogens (primary N) is 1. The van der Waals surface area contributed by atoms with E-state index in [1.54, 1.807) is 13.2 Å². The predicted molar refractivity (Wildman–Crippen MR) is 84.8 cm³/mol. The van der Waals surface area contributed by atoms with Gasteiger partial charge in [-0.05, 0) is 36.5 Å². The summed E-state index contributed by atoms with van der Waals surface area (Å²) in [6.45, 7) is 0. The highest BCUT2D eigenvalue weighted by molar-refractivity contribution is 6.32. The van der Waals surface area contributed by atoms with Crippen molar-refractivity contribution in [2.75, 3.05) is 7.11 Å². The van der Waals surface area contributed by atoms with Crippen LogP contribution >= 0.6 is 24.0 Å². The molecule has 5 heteroatoms. The highest BCUT2D eigenvalue weighted by Crippen LogP contribution is 2.33. The molecule has 2 rings (SSSR count). The number of halogens is 2. The second-order valence-corrected chi connectivity index (χ2v) is 5.72. The molecule has 20 heavy (non-hydrogen) atoms. The molecule has 0 spiro atoms. The van der Waals surface area contributed by atoms with Crippen LogP contribution in [0.15, 0.2) is 18.2 Å². The van der Waals surface area contributed by atoms with Gasteiger partial charge in [0.05, 0.1) is 24.3 Å². The van der Waals surface area contributed by atoms with E-state index < -0.39 is 6.10 Å². The largest absolute Gasteiger partial charge is 0.495 e. The van der Waals surface area contributed by atoms with E-state index in [4.69, 9.17) is 22.1 Å². The van der Waals surface area contributed by atoms with Gasteiger partial charge in [0, 0.05) is 0 Å². The SMILES string of the molecule is COc1cc([C@H](N)[C@H](O)C2CCCCC2)ccc1Cl.Cl. The van der Waals surface area contributed by atoms with Crippen molar-refractivity contribution < 1.29 is 9.84 Å². The zero-order valence-electron chi connectivity index (χ0n) is 11.7. The van der Waals surface area contributed by atoms with E-state index in [2.05, 4.69) is 0 Å². The highest BCUT2D eigenvalue weighted by Gasteiger charge is 2.27. The van der Waals surface area contributed by atoms with Gasteiger partial charge in [-0.15, -0.1) is 12.4 Å². The molecule has 0 bridgehead atoms. The topological polar surface area (TPSA) is 55.5 Å². The van der Waals surface area contributed by atoms with Crippen molar-refractivity contribution in [1.29, 1.82) is 0 Å². The lowest BCUT2D eigenvalue weighted by atomic mass is 9.81. The number of aliphatic hydroxyl groups is 1. The molecule has 1 saturated carbocycles. The molecule has 1 aliphatic carbocycles. The van der Waals surface area contributed by atoms with Crippen LogP contribution in [0.2, 0.25) is 5.02 Å². The van der Waals surface area contributed by atoms with Crippen LogP contribution in [0, 0.1) is 5.92 Å². The first-order valence-corrected chi connectivity index (χ1v) is 7.28. The van der Waals surface area contributed by atoms with Crippen LogP contribution in [0.4, 0.5) is 0 Å². The maximum absolute atomic E-state index is 10.4. The van der Waals surface area contributed by atoms with E-state index >= 15 is 0 Å². The fourth-order valence-electron chi connectivity index (χ4n) is 2.85. The Labute approximate surface area is 131 Å². The molecular formula is C15H23Cl2NO2. The summed E-state index contributed by atoms with van der Waals surface area (Å²) in [7, 11) is 1.58. The van der Waals surface area contributed by atoms with Gasteiger partial charge < -0.3 is 15.6 Å². The summed E-state index contributed by atoms with van der Waals surface area (Å²) in [6.07, 6.45) is 5.30. The molecule has 114 valence electrons. The normalized spacial score (nSPS) is 19.0. The lowest BCUT2D eigenvalue weighted by Crippen LogP contribution is -2.34. The number of rotatable bonds is 4. The number of hydrogen-bond donors (Lipinski definition) is 2. The Morgan fingerprint density at radius 3 is 2.55 bits per heavy atom. The minimum absolute atomic E-state index is 0. The Morgan fingerprint density at radius 2 is 1.95 bits per heavy atom. The summed E-state index contributed by atoms with van der Waals surface area (Å²) < 4.78 is 5.19. The minimum atomic E-state index is -0.494. The van der Waals surface area contributed by atoms with Gasteiger partial charge in [-0.25, -0.2) is 0 Å². The summed E-state index contributed by atoms with van der Waals surface area (Å²) in [5, 5.41) is 11.0. The van der Waals surface area contributed by atoms with Crippen LogP contribution in [0.1, 0.15) is 43.7 Å². The van der Waals surface area contributed by atoms with Gasteiger partial charge >= 0.3 is 0 Å². The molecule has 0 saturated heterocycles. The van der Waals surface area contributed by atoms with Crippen LogP contribution in [0.5, 0.6) is 5.75 Å². The van der Waals surface area contributed by atoms with Crippen molar-refractivity contribution in [3.63, 3.8) is 0 Å². The molecule has 1 aromatic rings. The fourth-order valence-corrected chi connectivity index (χ4v) is 3.04. The first-order chi connectivity index (χ1) is 9.13. The third kappa shape index (κ3) is 4.01. The Morgan fingerprint density at radius 1 is 1.30 bits per heavy atom. The molecule has 2 atom stereocenters. The molecule has 0 unspecified atom stereocenters. The molecule has 1 aromatic carbocycles. The quantitative estimate of drug-likeness (QED) is 0.889. The van der Waals surface area contributed by atoms with E-state index in [1.807, 2.05) is 12.1 Å². The monoisotopic (exact) mass is 319 g/mol. The zero-order valence-corrected chi connectivity index (χ0v) is 13.3. The van der Waals surface area contributed by atoms with Crippen molar-refractivity contribution >= 4 is 24.0 Å². The minimum Gasteiger partial charge on any atom is -0.495 e. The van der Waals surface area contributed by atoms with E-state index in [1.165, 1.54) is 19.3 Å². The third-order valence-electron chi connectivity index (χ3n) is 4.06. The van der Waals surface area contributed by atoms with Gasteiger partial charge in [0.15, 0.2) is 0 Å². The Bertz CT molecular complexity index is 422. The van der Waals surface area contributed by atoms with E-state index in [0.29, 0.717) is 16.7 Å². The second kappa shape index (κ2) is 8.08. The number of hydrogen-bond acceptors (Lipinski definition) is 3. The highest BCUT2D eigenvalue weighted by atomic mass is 35.5. The predicted octanol–water partition coefficient (Wildman–Crippen LogP) is 3.71. The van der Waals surface area contributed by atoms with Crippen LogP contribution in [-0.2, 0) is 0 Å². The molecule has 3 nitrogen and oxygen atoms in total. The van der Waals surface area contributed by atoms with Crippen LogP contribution < -0.4 is 10.5 Å². The molecular weight excluding hydrogens is 297 g/mol. The summed E-state index contributed by atoms with van der Waals surface area (Å²) in [4.78, 5) is 0. The third-order valence-corrected chi connectivity index (χ3v) is 4.37. The van der Waals surface area contributed by atoms with E-state index in [-0.39, 0.29) is 18.4 Å². The molecule has 0 amide bonds. The van der Waals surface area contributed by atoms with Crippen LogP contribution in [0.25, 0.3) is 0 Å². The second-order valence-electron chi connectivity index (χ2n) is 5.31. The molecule has 3 N–H and O–H groups in total. The smallest absolute Gasteiger partial charge is 0.137 e. The van der Waals surface area contributed by atoms with Crippen molar-refractivity contribution in [2.24, 2.45) is 11.7 Å². The van der Waals surface area contributed by atoms with Gasteiger partial charge in [-0.2, -0.15) is 0 Å². The zero-order chi connectivity index (χ0) is 13.8. The number of ether oxygens (including phenoxy) is 1. The fraction of sp³-hybridized carbons (Fsp3) is 0.600. The molecule has 0 radical (unpaired) electrons. The molecule has 1 aliphatic rings. The average molecular weight is 320 g/mol. The van der Waals surface area contributed by atoms with Crippen molar-refractivity contribution in [3.05, 3.63) is 28.8 Å². The van der Waals surface area contributed by atoms with Crippen LogP contribution in [0.3, 0.4) is 0 Å². The van der Waals surface area contributed by atoms with Gasteiger partial charge in [0.25, 0.3) is 0 Å². The molecule has 0 aromatic heterocycles. The van der Waals surface area contributed by atoms with Gasteiger partial charge in [0.2, 0.25) is 0 Å². The summed E-state index contributed by atoms with van der Waals surface area (Å²) in [5.74, 6) is 0.913. The molecule has 1 fully saturated rings. The maximum Gasteiger partial charge on any atom is 0.137 e. The van der Waals surface area contributed by atoms with Gasteiger partial charge in [-0.3, -0.25) is 0 Å². The number of methoxy groups -OCH3 is 1. The summed E-state index contributed by atoms with van der Waals surface area (Å²) in [5.41, 5.74) is 7.07. The Balaban J connectivity index is 0.00000200. The van der Waals surface area contributed by atoms with Gasteiger partial charge in [0.1, 0.15) is 5.75 Å². The standard InChI is InChI=1S/C15H22ClNO2.ClH/c1-19-13-9-11(7-8-12(13)16)14(17)15(18)10-5-3-2-4-6-10;/h7-10,14-15,18H,2-6,17H2,1H3;1H/t14-,15+;/m0./s1. The summed E-state index contributed by atoms with van der Waals surface area (Å²) in [6, 6.07) is 5.07. The van der Waals surface area contributed by atoms with Crippen molar-refractivity contribution in [3.8, 4) is 5.75 Å². The average Bonchev–Trinajstić information content (AvgIpc) is 2.47. The number of aliphatic hydroxyl groups excluding tert-OH is 1. The van der Waals surface area contributed by atoms with Crippen molar-refractivity contribution in [2.45, 2.75) is 44.2 Å². The van der Waals surface area contributed by atoms with E-state index in [9.17, 15) is 5.11 Å². The van der Waals surface area contributed by atoms with Gasteiger partial charge in [-0.1, -0.05) is 36.9 Å². The maximum atomic E-state index is 10.4. The lowest BCUT2D eigenvalue weighted by Gasteiger charge is -2.30. The first-order valence-electron chi connectivity index (χ1n) is 6.90. The summed E-state index contributed by atoms with van der Waals surface area (Å²) >= 11 is 6.00. The lowest BCUT2D eigenvalue weighted by molar-refractivity contribution is 0.0617. The first kappa shape index (κ1) is 17.6. The molecule has 0 aliphatic heterocycles. The number of benzene rings is 1. The Hall–Kier alpha value is -0.480. The van der Waals surface area contributed by atoms with E-state index in [0.717, 1.165) is 18.4 Å². The Kier molecular flexibility index (Phi) is 7.10. The van der Waals surface area contributed by atoms with Crippen LogP contribution in [-0.4, -0.2) is 18.3 Å². The van der Waals surface area contributed by atoms with Crippen molar-refractivity contribution in [1.82, 2.24) is 0 Å². The molecule has 0 heterocycles.